The molecule has 1 aliphatic heterocycles. The predicted octanol–water partition coefficient (Wildman–Crippen LogP) is 3.49. The van der Waals surface area contributed by atoms with Crippen LogP contribution in [0.15, 0.2) is 61.2 Å². The van der Waals surface area contributed by atoms with E-state index < -0.39 is 0 Å². The SMILES string of the molecule is C[C@H](NCc1ccc2c(c1)OCCO2)c1ccc(-n2ccnc2)cc1. The van der Waals surface area contributed by atoms with Crippen LogP contribution >= 0.6 is 0 Å². The minimum absolute atomic E-state index is 0.255. The molecule has 1 N–H and O–H groups in total. The van der Waals surface area contributed by atoms with E-state index in [0.29, 0.717) is 13.2 Å². The van der Waals surface area contributed by atoms with Crippen LogP contribution in [0.1, 0.15) is 24.1 Å². The lowest BCUT2D eigenvalue weighted by molar-refractivity contribution is 0.171. The fraction of sp³-hybridized carbons (Fsp3) is 0.250. The predicted molar refractivity (Wildman–Crippen MR) is 96.3 cm³/mol. The summed E-state index contributed by atoms with van der Waals surface area (Å²) >= 11 is 0. The van der Waals surface area contributed by atoms with Crippen molar-refractivity contribution in [2.24, 2.45) is 0 Å². The van der Waals surface area contributed by atoms with Gasteiger partial charge in [0.05, 0.1) is 6.33 Å². The molecule has 2 heterocycles. The Morgan fingerprint density at radius 1 is 1.08 bits per heavy atom. The maximum Gasteiger partial charge on any atom is 0.161 e. The zero-order valence-corrected chi connectivity index (χ0v) is 14.2. The molecule has 0 unspecified atom stereocenters. The molecular formula is C20H21N3O2. The lowest BCUT2D eigenvalue weighted by Crippen LogP contribution is -2.19. The van der Waals surface area contributed by atoms with Crippen LogP contribution in [0.4, 0.5) is 0 Å². The number of rotatable bonds is 5. The van der Waals surface area contributed by atoms with E-state index in [4.69, 9.17) is 9.47 Å². The molecule has 0 fully saturated rings. The van der Waals surface area contributed by atoms with Crippen molar-refractivity contribution in [3.63, 3.8) is 0 Å². The van der Waals surface area contributed by atoms with Gasteiger partial charge in [0.1, 0.15) is 13.2 Å². The van der Waals surface area contributed by atoms with Gasteiger partial charge in [0.25, 0.3) is 0 Å². The minimum atomic E-state index is 0.255. The van der Waals surface area contributed by atoms with Gasteiger partial charge >= 0.3 is 0 Å². The first-order chi connectivity index (χ1) is 12.3. The van der Waals surface area contributed by atoms with Gasteiger partial charge < -0.3 is 19.4 Å². The highest BCUT2D eigenvalue weighted by molar-refractivity contribution is 5.44. The molecule has 3 aromatic rings. The molecule has 0 aliphatic carbocycles. The fourth-order valence-corrected chi connectivity index (χ4v) is 2.93. The molecule has 2 aromatic carbocycles. The highest BCUT2D eigenvalue weighted by atomic mass is 16.6. The number of fused-ring (bicyclic) bond motifs is 1. The molecule has 1 atom stereocenters. The van der Waals surface area contributed by atoms with Crippen LogP contribution in [0.5, 0.6) is 11.5 Å². The summed E-state index contributed by atoms with van der Waals surface area (Å²) in [5.74, 6) is 1.67. The summed E-state index contributed by atoms with van der Waals surface area (Å²) in [4.78, 5) is 4.08. The highest BCUT2D eigenvalue weighted by Crippen LogP contribution is 2.30. The van der Waals surface area contributed by atoms with Gasteiger partial charge in [-0.25, -0.2) is 4.98 Å². The smallest absolute Gasteiger partial charge is 0.161 e. The molecule has 0 saturated heterocycles. The molecule has 0 bridgehead atoms. The molecule has 1 aromatic heterocycles. The van der Waals surface area contributed by atoms with E-state index in [1.54, 1.807) is 12.5 Å². The third kappa shape index (κ3) is 3.51. The first kappa shape index (κ1) is 15.7. The first-order valence-electron chi connectivity index (χ1n) is 8.50. The maximum atomic E-state index is 5.64. The van der Waals surface area contributed by atoms with E-state index in [0.717, 1.165) is 23.7 Å². The number of ether oxygens (including phenoxy) is 2. The van der Waals surface area contributed by atoms with Crippen LogP contribution in [0.2, 0.25) is 0 Å². The summed E-state index contributed by atoms with van der Waals surface area (Å²) in [6.07, 6.45) is 5.53. The second-order valence-corrected chi connectivity index (χ2v) is 6.14. The maximum absolute atomic E-state index is 5.64. The third-order valence-corrected chi connectivity index (χ3v) is 4.41. The Balaban J connectivity index is 1.39. The topological polar surface area (TPSA) is 48.3 Å². The molecule has 4 rings (SSSR count). The largest absolute Gasteiger partial charge is 0.486 e. The van der Waals surface area contributed by atoms with E-state index >= 15 is 0 Å². The molecule has 0 amide bonds. The van der Waals surface area contributed by atoms with Gasteiger partial charge in [0, 0.05) is 30.7 Å². The molecule has 25 heavy (non-hydrogen) atoms. The highest BCUT2D eigenvalue weighted by Gasteiger charge is 2.12. The average Bonchev–Trinajstić information content (AvgIpc) is 3.21. The Kier molecular flexibility index (Phi) is 4.39. The lowest BCUT2D eigenvalue weighted by Gasteiger charge is -2.20. The zero-order valence-electron chi connectivity index (χ0n) is 14.2. The zero-order chi connectivity index (χ0) is 17.1. The van der Waals surface area contributed by atoms with E-state index in [-0.39, 0.29) is 6.04 Å². The lowest BCUT2D eigenvalue weighted by atomic mass is 10.1. The third-order valence-electron chi connectivity index (χ3n) is 4.41. The van der Waals surface area contributed by atoms with Crippen molar-refractivity contribution in [1.29, 1.82) is 0 Å². The molecular weight excluding hydrogens is 314 g/mol. The van der Waals surface area contributed by atoms with Crippen molar-refractivity contribution < 1.29 is 9.47 Å². The second kappa shape index (κ2) is 6.99. The Labute approximate surface area is 147 Å². The molecule has 0 saturated carbocycles. The number of nitrogens with one attached hydrogen (secondary N) is 1. The molecule has 128 valence electrons. The van der Waals surface area contributed by atoms with Gasteiger partial charge in [-0.15, -0.1) is 0 Å². The van der Waals surface area contributed by atoms with Crippen LogP contribution in [0, 0.1) is 0 Å². The van der Waals surface area contributed by atoms with Crippen molar-refractivity contribution in [2.45, 2.75) is 19.5 Å². The van der Waals surface area contributed by atoms with Crippen molar-refractivity contribution in [2.75, 3.05) is 13.2 Å². The number of benzene rings is 2. The summed E-state index contributed by atoms with van der Waals surface area (Å²) in [5, 5.41) is 3.56. The van der Waals surface area contributed by atoms with Crippen molar-refractivity contribution in [3.05, 3.63) is 72.3 Å². The van der Waals surface area contributed by atoms with Crippen molar-refractivity contribution in [1.82, 2.24) is 14.9 Å². The second-order valence-electron chi connectivity index (χ2n) is 6.14. The number of nitrogens with zero attached hydrogens (tertiary/aromatic N) is 2. The molecule has 0 radical (unpaired) electrons. The van der Waals surface area contributed by atoms with Crippen molar-refractivity contribution >= 4 is 0 Å². The van der Waals surface area contributed by atoms with Crippen LogP contribution in [0.25, 0.3) is 5.69 Å². The number of hydrogen-bond acceptors (Lipinski definition) is 4. The number of hydrogen-bond donors (Lipinski definition) is 1. The van der Waals surface area contributed by atoms with Crippen LogP contribution in [-0.2, 0) is 6.54 Å². The summed E-state index contributed by atoms with van der Waals surface area (Å²) in [7, 11) is 0. The fourth-order valence-electron chi connectivity index (χ4n) is 2.93. The summed E-state index contributed by atoms with van der Waals surface area (Å²) in [6.45, 7) is 4.19. The van der Waals surface area contributed by atoms with E-state index in [1.165, 1.54) is 11.1 Å². The standard InChI is InChI=1S/C20H21N3O2/c1-15(17-3-5-18(6-4-17)23-9-8-21-14-23)22-13-16-2-7-19-20(12-16)25-11-10-24-19/h2-9,12,14-15,22H,10-11,13H2,1H3/t15-/m0/s1. The van der Waals surface area contributed by atoms with Gasteiger partial charge in [-0.1, -0.05) is 18.2 Å². The summed E-state index contributed by atoms with van der Waals surface area (Å²) < 4.78 is 13.2. The van der Waals surface area contributed by atoms with Gasteiger partial charge in [0.15, 0.2) is 11.5 Å². The Hall–Kier alpha value is -2.79. The van der Waals surface area contributed by atoms with E-state index in [2.05, 4.69) is 53.6 Å². The van der Waals surface area contributed by atoms with Crippen molar-refractivity contribution in [3.8, 4) is 17.2 Å². The Morgan fingerprint density at radius 2 is 1.88 bits per heavy atom. The van der Waals surface area contributed by atoms with Crippen LogP contribution in [-0.4, -0.2) is 22.8 Å². The Bertz CT molecular complexity index is 829. The van der Waals surface area contributed by atoms with Gasteiger partial charge in [-0.3, -0.25) is 0 Å². The van der Waals surface area contributed by atoms with Crippen LogP contribution in [0.3, 0.4) is 0 Å². The molecule has 5 nitrogen and oxygen atoms in total. The quantitative estimate of drug-likeness (QED) is 0.775. The summed E-state index contributed by atoms with van der Waals surface area (Å²) in [6, 6.07) is 14.9. The van der Waals surface area contributed by atoms with Gasteiger partial charge in [0.2, 0.25) is 0 Å². The summed E-state index contributed by atoms with van der Waals surface area (Å²) in [5.41, 5.74) is 3.55. The monoisotopic (exact) mass is 335 g/mol. The first-order valence-corrected chi connectivity index (χ1v) is 8.50. The minimum Gasteiger partial charge on any atom is -0.486 e. The van der Waals surface area contributed by atoms with Gasteiger partial charge in [-0.05, 0) is 42.3 Å². The molecule has 0 spiro atoms. The number of imidazole rings is 1. The van der Waals surface area contributed by atoms with Crippen LogP contribution < -0.4 is 14.8 Å². The van der Waals surface area contributed by atoms with Gasteiger partial charge in [-0.2, -0.15) is 0 Å². The average molecular weight is 335 g/mol. The normalized spacial score (nSPS) is 14.3. The molecule has 1 aliphatic rings. The van der Waals surface area contributed by atoms with E-state index in [9.17, 15) is 0 Å². The Morgan fingerprint density at radius 3 is 2.64 bits per heavy atom. The number of aromatic nitrogens is 2. The molecule has 5 heteroatoms. The van der Waals surface area contributed by atoms with E-state index in [1.807, 2.05) is 16.8 Å².